The zero-order chi connectivity index (χ0) is 17.3. The average Bonchev–Trinajstić information content (AvgIpc) is 3.13. The number of nitrogens with one attached hydrogen (secondary N) is 1. The molecule has 0 saturated carbocycles. The minimum atomic E-state index is -0.784. The Bertz CT molecular complexity index is 845. The van der Waals surface area contributed by atoms with Crippen LogP contribution >= 0.6 is 0 Å². The third-order valence-corrected chi connectivity index (χ3v) is 3.68. The number of hydrogen-bond donors (Lipinski definition) is 1. The summed E-state index contributed by atoms with van der Waals surface area (Å²) in [6.07, 6.45) is 0.595. The SMILES string of the molecule is CC(=O)N[C@@H]1CCN(C(=O)n2nnn(-c3cccc(F)c3)c2=O)C1. The number of likely N-dealkylation sites (tertiary alicyclic amines) is 1. The molecule has 1 aliphatic rings. The molecule has 9 nitrogen and oxygen atoms in total. The molecule has 10 heteroatoms. The van der Waals surface area contributed by atoms with E-state index in [9.17, 15) is 18.8 Å². The summed E-state index contributed by atoms with van der Waals surface area (Å²) in [5, 5.41) is 9.92. The molecule has 0 unspecified atom stereocenters. The van der Waals surface area contributed by atoms with Crippen LogP contribution in [0.25, 0.3) is 5.69 Å². The molecule has 1 aromatic heterocycles. The molecule has 1 N–H and O–H groups in total. The van der Waals surface area contributed by atoms with E-state index in [2.05, 4.69) is 15.7 Å². The maximum absolute atomic E-state index is 13.3. The van der Waals surface area contributed by atoms with Crippen molar-refractivity contribution in [3.8, 4) is 5.69 Å². The summed E-state index contributed by atoms with van der Waals surface area (Å²) in [5.74, 6) is -0.707. The smallest absolute Gasteiger partial charge is 0.352 e. The first-order valence-electron chi connectivity index (χ1n) is 7.33. The molecule has 126 valence electrons. The number of carbonyl (C=O) groups excluding carboxylic acids is 2. The fraction of sp³-hybridized carbons (Fsp3) is 0.357. The number of hydrogen-bond acceptors (Lipinski definition) is 5. The molecular weight excluding hydrogens is 319 g/mol. The summed E-state index contributed by atoms with van der Waals surface area (Å²) in [6, 6.07) is 4.48. The van der Waals surface area contributed by atoms with E-state index in [1.54, 1.807) is 0 Å². The summed E-state index contributed by atoms with van der Waals surface area (Å²) in [6.45, 7) is 2.08. The van der Waals surface area contributed by atoms with Crippen LogP contribution in [-0.4, -0.2) is 55.8 Å². The Labute approximate surface area is 135 Å². The van der Waals surface area contributed by atoms with Crippen molar-refractivity contribution in [2.45, 2.75) is 19.4 Å². The molecule has 0 bridgehead atoms. The number of halogens is 1. The highest BCUT2D eigenvalue weighted by Crippen LogP contribution is 2.10. The van der Waals surface area contributed by atoms with Crippen molar-refractivity contribution in [2.75, 3.05) is 13.1 Å². The summed E-state index contributed by atoms with van der Waals surface area (Å²) in [5.41, 5.74) is -0.606. The van der Waals surface area contributed by atoms with E-state index in [-0.39, 0.29) is 24.2 Å². The van der Waals surface area contributed by atoms with Crippen LogP contribution < -0.4 is 11.0 Å². The van der Waals surface area contributed by atoms with Crippen molar-refractivity contribution in [2.24, 2.45) is 0 Å². The molecule has 1 atom stereocenters. The van der Waals surface area contributed by atoms with Crippen molar-refractivity contribution in [1.29, 1.82) is 0 Å². The largest absolute Gasteiger partial charge is 0.377 e. The molecule has 0 spiro atoms. The van der Waals surface area contributed by atoms with E-state index in [1.165, 1.54) is 30.0 Å². The predicted octanol–water partition coefficient (Wildman–Crippen LogP) is -0.253. The van der Waals surface area contributed by atoms with Crippen molar-refractivity contribution in [1.82, 2.24) is 30.0 Å². The van der Waals surface area contributed by atoms with Crippen LogP contribution in [0.3, 0.4) is 0 Å². The molecule has 3 rings (SSSR count). The number of nitrogens with zero attached hydrogens (tertiary/aromatic N) is 5. The van der Waals surface area contributed by atoms with Crippen LogP contribution in [0, 0.1) is 5.82 Å². The quantitative estimate of drug-likeness (QED) is 0.763. The second-order valence-electron chi connectivity index (χ2n) is 5.48. The third-order valence-electron chi connectivity index (χ3n) is 3.68. The first-order valence-corrected chi connectivity index (χ1v) is 7.33. The monoisotopic (exact) mass is 334 g/mol. The molecule has 0 radical (unpaired) electrons. The summed E-state index contributed by atoms with van der Waals surface area (Å²) in [4.78, 5) is 37.2. The molecule has 2 aromatic rings. The van der Waals surface area contributed by atoms with Gasteiger partial charge in [0.2, 0.25) is 5.91 Å². The van der Waals surface area contributed by atoms with Gasteiger partial charge in [-0.15, -0.1) is 4.68 Å². The highest BCUT2D eigenvalue weighted by atomic mass is 19.1. The first kappa shape index (κ1) is 15.8. The van der Waals surface area contributed by atoms with Crippen molar-refractivity contribution in [3.63, 3.8) is 0 Å². The van der Waals surface area contributed by atoms with Gasteiger partial charge >= 0.3 is 11.7 Å². The van der Waals surface area contributed by atoms with E-state index < -0.39 is 17.5 Å². The van der Waals surface area contributed by atoms with E-state index in [1.807, 2.05) is 0 Å². The number of tetrazole rings is 1. The number of carbonyl (C=O) groups is 2. The van der Waals surface area contributed by atoms with Crippen molar-refractivity contribution in [3.05, 3.63) is 40.6 Å². The molecular formula is C14H15FN6O3. The lowest BCUT2D eigenvalue weighted by atomic mass is 10.3. The Hall–Kier alpha value is -3.04. The molecule has 0 aliphatic carbocycles. The Morgan fingerprint density at radius 1 is 1.33 bits per heavy atom. The van der Waals surface area contributed by atoms with Gasteiger partial charge < -0.3 is 10.2 Å². The maximum atomic E-state index is 13.3. The summed E-state index contributed by atoms with van der Waals surface area (Å²) < 4.78 is 14.7. The van der Waals surface area contributed by atoms with Crippen LogP contribution in [0.1, 0.15) is 13.3 Å². The lowest BCUT2D eigenvalue weighted by Gasteiger charge is -2.15. The standard InChI is InChI=1S/C14H15FN6O3/c1-9(22)16-11-5-6-19(8-11)13(23)21-14(24)20(17-18-21)12-4-2-3-10(15)7-12/h2-4,7,11H,5-6,8H2,1H3,(H,16,22)/t11-/m1/s1. The van der Waals surface area contributed by atoms with E-state index in [4.69, 9.17) is 0 Å². The number of amides is 2. The van der Waals surface area contributed by atoms with E-state index in [0.29, 0.717) is 17.6 Å². The Balaban J connectivity index is 1.80. The van der Waals surface area contributed by atoms with Gasteiger partial charge in [-0.3, -0.25) is 4.79 Å². The van der Waals surface area contributed by atoms with Gasteiger partial charge in [-0.2, -0.15) is 4.68 Å². The molecule has 24 heavy (non-hydrogen) atoms. The second-order valence-corrected chi connectivity index (χ2v) is 5.48. The zero-order valence-corrected chi connectivity index (χ0v) is 12.8. The van der Waals surface area contributed by atoms with Crippen LogP contribution in [0.15, 0.2) is 29.1 Å². The topological polar surface area (TPSA) is 102 Å². The summed E-state index contributed by atoms with van der Waals surface area (Å²) >= 11 is 0. The molecule has 2 amide bonds. The highest BCUT2D eigenvalue weighted by Gasteiger charge is 2.29. The fourth-order valence-corrected chi connectivity index (χ4v) is 2.61. The van der Waals surface area contributed by atoms with Crippen LogP contribution in [-0.2, 0) is 4.79 Å². The summed E-state index contributed by atoms with van der Waals surface area (Å²) in [7, 11) is 0. The molecule has 1 aromatic carbocycles. The number of benzene rings is 1. The average molecular weight is 334 g/mol. The van der Waals surface area contributed by atoms with Crippen LogP contribution in [0.5, 0.6) is 0 Å². The third kappa shape index (κ3) is 3.03. The van der Waals surface area contributed by atoms with Gasteiger partial charge in [-0.05, 0) is 35.0 Å². The lowest BCUT2D eigenvalue weighted by Crippen LogP contribution is -2.42. The van der Waals surface area contributed by atoms with Crippen molar-refractivity contribution < 1.29 is 14.0 Å². The van der Waals surface area contributed by atoms with E-state index in [0.717, 1.165) is 10.7 Å². The lowest BCUT2D eigenvalue weighted by molar-refractivity contribution is -0.119. The molecule has 1 saturated heterocycles. The van der Waals surface area contributed by atoms with Gasteiger partial charge in [0.15, 0.2) is 0 Å². The Morgan fingerprint density at radius 3 is 2.83 bits per heavy atom. The molecule has 2 heterocycles. The van der Waals surface area contributed by atoms with Gasteiger partial charge in [-0.1, -0.05) is 6.07 Å². The second kappa shape index (κ2) is 6.22. The Kier molecular flexibility index (Phi) is 4.11. The zero-order valence-electron chi connectivity index (χ0n) is 12.8. The van der Waals surface area contributed by atoms with Gasteiger partial charge in [0.25, 0.3) is 0 Å². The van der Waals surface area contributed by atoms with E-state index >= 15 is 0 Å². The van der Waals surface area contributed by atoms with Crippen LogP contribution in [0.4, 0.5) is 9.18 Å². The number of aromatic nitrogens is 4. The first-order chi connectivity index (χ1) is 11.5. The highest BCUT2D eigenvalue weighted by molar-refractivity contribution is 5.76. The van der Waals surface area contributed by atoms with Gasteiger partial charge in [0, 0.05) is 26.1 Å². The van der Waals surface area contributed by atoms with Crippen molar-refractivity contribution >= 4 is 11.9 Å². The maximum Gasteiger partial charge on any atom is 0.377 e. The fourth-order valence-electron chi connectivity index (χ4n) is 2.61. The minimum absolute atomic E-state index is 0.152. The number of rotatable bonds is 2. The van der Waals surface area contributed by atoms with Gasteiger partial charge in [0.1, 0.15) is 5.82 Å². The predicted molar refractivity (Wildman–Crippen MR) is 80.2 cm³/mol. The minimum Gasteiger partial charge on any atom is -0.352 e. The molecule has 1 fully saturated rings. The normalized spacial score (nSPS) is 17.1. The van der Waals surface area contributed by atoms with Gasteiger partial charge in [-0.25, -0.2) is 14.0 Å². The van der Waals surface area contributed by atoms with Crippen LogP contribution in [0.2, 0.25) is 0 Å². The Morgan fingerprint density at radius 2 is 2.12 bits per heavy atom. The van der Waals surface area contributed by atoms with Gasteiger partial charge in [0.05, 0.1) is 5.69 Å². The molecule has 1 aliphatic heterocycles.